The molecule has 2 aromatic heterocycles. The zero-order valence-electron chi connectivity index (χ0n) is 13.0. The second-order valence-electron chi connectivity index (χ2n) is 5.08. The molecule has 0 spiro atoms. The van der Waals surface area contributed by atoms with Crippen LogP contribution in [0.15, 0.2) is 16.0 Å². The highest BCUT2D eigenvalue weighted by molar-refractivity contribution is 8.00. The van der Waals surface area contributed by atoms with E-state index in [0.717, 1.165) is 16.8 Å². The van der Waals surface area contributed by atoms with Gasteiger partial charge in [0.2, 0.25) is 11.0 Å². The molecule has 124 valence electrons. The smallest absolute Gasteiger partial charge is 0.253 e. The zero-order valence-corrected chi connectivity index (χ0v) is 14.6. The number of nitrogens with two attached hydrogens (primary N) is 1. The van der Waals surface area contributed by atoms with Crippen LogP contribution >= 0.6 is 23.1 Å². The number of rotatable bonds is 6. The Bertz CT molecular complexity index is 742. The Labute approximate surface area is 141 Å². The predicted octanol–water partition coefficient (Wildman–Crippen LogP) is 1.84. The van der Waals surface area contributed by atoms with E-state index in [1.807, 2.05) is 20.8 Å². The second kappa shape index (κ2) is 7.55. The molecule has 1 amide bonds. The molecule has 1 atom stereocenters. The summed E-state index contributed by atoms with van der Waals surface area (Å²) in [6.45, 7) is 5.90. The highest BCUT2D eigenvalue weighted by Gasteiger charge is 2.21. The average Bonchev–Trinajstić information content (AvgIpc) is 2.92. The number of aromatic nitrogens is 4. The molecule has 1 unspecified atom stereocenters. The maximum absolute atomic E-state index is 12.4. The van der Waals surface area contributed by atoms with Gasteiger partial charge in [0.05, 0.1) is 5.25 Å². The van der Waals surface area contributed by atoms with Crippen molar-refractivity contribution in [3.8, 4) is 0 Å². The highest BCUT2D eigenvalue weighted by Crippen LogP contribution is 2.26. The van der Waals surface area contributed by atoms with E-state index in [2.05, 4.69) is 25.5 Å². The average molecular weight is 354 g/mol. The molecule has 8 nitrogen and oxygen atoms in total. The van der Waals surface area contributed by atoms with Crippen molar-refractivity contribution in [1.29, 1.82) is 0 Å². The van der Waals surface area contributed by atoms with Gasteiger partial charge in [-0.2, -0.15) is 0 Å². The van der Waals surface area contributed by atoms with Crippen LogP contribution < -0.4 is 16.6 Å². The highest BCUT2D eigenvalue weighted by atomic mass is 32.2. The lowest BCUT2D eigenvalue weighted by Gasteiger charge is -2.12. The molecule has 2 aromatic rings. The molecular formula is C13H18N6O2S2. The number of carbonyl (C=O) groups excluding carboxylic acids is 1. The molecule has 0 aliphatic carbocycles. The minimum atomic E-state index is -0.425. The van der Waals surface area contributed by atoms with Crippen molar-refractivity contribution in [3.05, 3.63) is 21.4 Å². The SMILES string of the molecule is CCC(Sc1nc(N)cc(=O)[nH]1)C(=O)Nc1nnc(C(C)C)s1. The van der Waals surface area contributed by atoms with Gasteiger partial charge in [0.25, 0.3) is 5.56 Å². The number of thioether (sulfide) groups is 1. The van der Waals surface area contributed by atoms with Crippen LogP contribution in [0.1, 0.15) is 38.1 Å². The van der Waals surface area contributed by atoms with Gasteiger partial charge in [-0.3, -0.25) is 14.9 Å². The lowest BCUT2D eigenvalue weighted by molar-refractivity contribution is -0.115. The third kappa shape index (κ3) is 4.76. The molecule has 0 saturated heterocycles. The number of hydrogen-bond acceptors (Lipinski definition) is 8. The number of nitrogens with zero attached hydrogens (tertiary/aromatic N) is 3. The van der Waals surface area contributed by atoms with Crippen molar-refractivity contribution in [2.75, 3.05) is 11.1 Å². The van der Waals surface area contributed by atoms with Crippen LogP contribution in [0.4, 0.5) is 10.9 Å². The quantitative estimate of drug-likeness (QED) is 0.533. The first kappa shape index (κ1) is 17.4. The number of carbonyl (C=O) groups is 1. The van der Waals surface area contributed by atoms with Gasteiger partial charge < -0.3 is 10.7 Å². The van der Waals surface area contributed by atoms with Crippen LogP contribution in [0, 0.1) is 0 Å². The van der Waals surface area contributed by atoms with E-state index in [9.17, 15) is 9.59 Å². The molecule has 0 radical (unpaired) electrons. The molecule has 0 aliphatic heterocycles. The second-order valence-corrected chi connectivity index (χ2v) is 7.28. The number of hydrogen-bond donors (Lipinski definition) is 3. The topological polar surface area (TPSA) is 127 Å². The van der Waals surface area contributed by atoms with Crippen LogP contribution in [-0.4, -0.2) is 31.3 Å². The van der Waals surface area contributed by atoms with Gasteiger partial charge in [-0.05, 0) is 6.42 Å². The van der Waals surface area contributed by atoms with Gasteiger partial charge >= 0.3 is 0 Å². The largest absolute Gasteiger partial charge is 0.383 e. The van der Waals surface area contributed by atoms with Gasteiger partial charge in [-0.1, -0.05) is 43.9 Å². The molecule has 0 fully saturated rings. The number of H-pyrrole nitrogens is 1. The van der Waals surface area contributed by atoms with Crippen LogP contribution in [0.25, 0.3) is 0 Å². The summed E-state index contributed by atoms with van der Waals surface area (Å²) in [5.74, 6) is 0.169. The molecule has 0 aliphatic rings. The number of nitrogens with one attached hydrogen (secondary N) is 2. The number of nitrogen functional groups attached to an aromatic ring is 1. The molecule has 4 N–H and O–H groups in total. The van der Waals surface area contributed by atoms with Crippen molar-refractivity contribution in [1.82, 2.24) is 20.2 Å². The Morgan fingerprint density at radius 1 is 1.48 bits per heavy atom. The van der Waals surface area contributed by atoms with E-state index in [0.29, 0.717) is 16.7 Å². The molecule has 2 heterocycles. The Balaban J connectivity index is 2.07. The van der Waals surface area contributed by atoms with Gasteiger partial charge in [0.1, 0.15) is 10.8 Å². The van der Waals surface area contributed by atoms with E-state index in [-0.39, 0.29) is 23.2 Å². The van der Waals surface area contributed by atoms with E-state index in [1.54, 1.807) is 0 Å². The number of aromatic amines is 1. The lowest BCUT2D eigenvalue weighted by Crippen LogP contribution is -2.25. The molecule has 0 bridgehead atoms. The van der Waals surface area contributed by atoms with Crippen molar-refractivity contribution in [3.63, 3.8) is 0 Å². The summed E-state index contributed by atoms with van der Waals surface area (Å²) < 4.78 is 0. The lowest BCUT2D eigenvalue weighted by atomic mass is 10.2. The van der Waals surface area contributed by atoms with E-state index >= 15 is 0 Å². The normalized spacial score (nSPS) is 12.3. The molecule has 10 heteroatoms. The Morgan fingerprint density at radius 3 is 2.78 bits per heavy atom. The maximum atomic E-state index is 12.4. The first-order valence-electron chi connectivity index (χ1n) is 7.06. The van der Waals surface area contributed by atoms with Gasteiger partial charge in [-0.25, -0.2) is 4.98 Å². The Morgan fingerprint density at radius 2 is 2.22 bits per heavy atom. The zero-order chi connectivity index (χ0) is 17.0. The third-order valence-corrected chi connectivity index (χ3v) is 5.21. The van der Waals surface area contributed by atoms with E-state index < -0.39 is 5.25 Å². The molecule has 23 heavy (non-hydrogen) atoms. The fourth-order valence-corrected chi connectivity index (χ4v) is 3.34. The van der Waals surface area contributed by atoms with Crippen molar-refractivity contribution in [2.45, 2.75) is 43.5 Å². The Kier molecular flexibility index (Phi) is 5.72. The summed E-state index contributed by atoms with van der Waals surface area (Å²) >= 11 is 2.51. The first-order valence-corrected chi connectivity index (χ1v) is 8.76. The minimum absolute atomic E-state index is 0.122. The standard InChI is InChI=1S/C13H18N6O2S2/c1-4-7(22-12-15-8(14)5-9(20)16-12)10(21)17-13-19-18-11(23-13)6(2)3/h5-7H,4H2,1-3H3,(H,17,19,21)(H3,14,15,16,20). The summed E-state index contributed by atoms with van der Waals surface area (Å²) in [5, 5.41) is 12.0. The fraction of sp³-hybridized carbons (Fsp3) is 0.462. The van der Waals surface area contributed by atoms with Gasteiger partial charge in [-0.15, -0.1) is 10.2 Å². The van der Waals surface area contributed by atoms with Crippen LogP contribution in [0.2, 0.25) is 0 Å². The molecular weight excluding hydrogens is 336 g/mol. The first-order chi connectivity index (χ1) is 10.9. The summed E-state index contributed by atoms with van der Waals surface area (Å²) in [6.07, 6.45) is 0.560. The van der Waals surface area contributed by atoms with E-state index in [1.165, 1.54) is 17.4 Å². The molecule has 0 aromatic carbocycles. The van der Waals surface area contributed by atoms with Crippen LogP contribution in [0.3, 0.4) is 0 Å². The van der Waals surface area contributed by atoms with Crippen LogP contribution in [0.5, 0.6) is 0 Å². The summed E-state index contributed by atoms with van der Waals surface area (Å²) in [6, 6.07) is 1.19. The minimum Gasteiger partial charge on any atom is -0.383 e. The van der Waals surface area contributed by atoms with Crippen molar-refractivity contribution >= 4 is 40.0 Å². The van der Waals surface area contributed by atoms with Crippen molar-refractivity contribution in [2.24, 2.45) is 0 Å². The third-order valence-electron chi connectivity index (χ3n) is 2.82. The molecule has 0 saturated carbocycles. The van der Waals surface area contributed by atoms with Gasteiger partial charge in [0.15, 0.2) is 5.16 Å². The summed E-state index contributed by atoms with van der Waals surface area (Å²) in [4.78, 5) is 30.3. The fourth-order valence-electron chi connectivity index (χ4n) is 1.67. The molecule has 2 rings (SSSR count). The number of amides is 1. The summed E-state index contributed by atoms with van der Waals surface area (Å²) in [7, 11) is 0. The predicted molar refractivity (Wildman–Crippen MR) is 91.8 cm³/mol. The number of anilines is 2. The summed E-state index contributed by atoms with van der Waals surface area (Å²) in [5.41, 5.74) is 5.20. The Hall–Kier alpha value is -1.94. The van der Waals surface area contributed by atoms with Crippen LogP contribution in [-0.2, 0) is 4.79 Å². The van der Waals surface area contributed by atoms with Gasteiger partial charge in [0, 0.05) is 12.0 Å². The van der Waals surface area contributed by atoms with Crippen molar-refractivity contribution < 1.29 is 4.79 Å². The monoisotopic (exact) mass is 354 g/mol. The van der Waals surface area contributed by atoms with E-state index in [4.69, 9.17) is 5.73 Å². The maximum Gasteiger partial charge on any atom is 0.253 e.